The van der Waals surface area contributed by atoms with Crippen LogP contribution in [0.5, 0.6) is 11.5 Å². The number of amides is 2. The maximum atomic E-state index is 13.1. The van der Waals surface area contributed by atoms with E-state index in [9.17, 15) is 22.8 Å². The van der Waals surface area contributed by atoms with Gasteiger partial charge in [0.05, 0.1) is 10.6 Å². The van der Waals surface area contributed by atoms with Gasteiger partial charge < -0.3 is 19.3 Å². The van der Waals surface area contributed by atoms with Crippen LogP contribution in [0.4, 0.5) is 18.9 Å². The minimum atomic E-state index is -4.69. The molecule has 10 nitrogen and oxygen atoms in total. The Bertz CT molecular complexity index is 1390. The minimum Gasteiger partial charge on any atom is -0.454 e. The van der Waals surface area contributed by atoms with Gasteiger partial charge in [0.1, 0.15) is 12.3 Å². The van der Waals surface area contributed by atoms with Crippen LogP contribution < -0.4 is 14.8 Å². The van der Waals surface area contributed by atoms with Crippen LogP contribution in [0.2, 0.25) is 5.02 Å². The van der Waals surface area contributed by atoms with Crippen molar-refractivity contribution in [1.82, 2.24) is 15.1 Å². The number of rotatable bonds is 5. The van der Waals surface area contributed by atoms with E-state index in [1.807, 2.05) is 0 Å². The number of alkyl halides is 3. The van der Waals surface area contributed by atoms with E-state index in [1.54, 1.807) is 18.2 Å². The summed E-state index contributed by atoms with van der Waals surface area (Å²) in [5.41, 5.74) is -0.325. The summed E-state index contributed by atoms with van der Waals surface area (Å²) in [5.74, 6) is 0.259. The lowest BCUT2D eigenvalue weighted by atomic mass is 10.1. The topological polar surface area (TPSA) is 119 Å². The van der Waals surface area contributed by atoms with E-state index in [2.05, 4.69) is 20.6 Å². The molecule has 0 atom stereocenters. The van der Waals surface area contributed by atoms with Gasteiger partial charge >= 0.3 is 6.18 Å². The standard InChI is InChI=1S/C22H15ClF3N5O5/c23-14-3-2-12(8-13(14)22(24,25)26)27-18(32)9-31-19(33)6-4-15(29-31)21-28-20(30-36-21)11-1-5-16-17(7-11)35-10-34-16/h1-3,5,7-8H,4,6,9-10H2,(H,27,32). The molecule has 186 valence electrons. The number of anilines is 1. The highest BCUT2D eigenvalue weighted by Crippen LogP contribution is 2.37. The minimum absolute atomic E-state index is 0.0209. The largest absolute Gasteiger partial charge is 0.454 e. The highest BCUT2D eigenvalue weighted by Gasteiger charge is 2.33. The van der Waals surface area contributed by atoms with Gasteiger partial charge in [0, 0.05) is 24.1 Å². The number of benzene rings is 2. The Labute approximate surface area is 205 Å². The number of halogens is 4. The van der Waals surface area contributed by atoms with Crippen molar-refractivity contribution in [1.29, 1.82) is 0 Å². The van der Waals surface area contributed by atoms with Crippen molar-refractivity contribution in [2.75, 3.05) is 18.7 Å². The number of fused-ring (bicyclic) bond motifs is 1. The molecule has 0 aliphatic carbocycles. The van der Waals surface area contributed by atoms with Crippen molar-refractivity contribution in [2.24, 2.45) is 5.10 Å². The zero-order chi connectivity index (χ0) is 25.4. The third-order valence-electron chi connectivity index (χ3n) is 5.26. The van der Waals surface area contributed by atoms with Gasteiger partial charge in [-0.2, -0.15) is 23.3 Å². The summed E-state index contributed by atoms with van der Waals surface area (Å²) in [5, 5.41) is 10.8. The van der Waals surface area contributed by atoms with Crippen LogP contribution in [0.1, 0.15) is 24.3 Å². The van der Waals surface area contributed by atoms with Crippen LogP contribution in [0.25, 0.3) is 11.4 Å². The van der Waals surface area contributed by atoms with Gasteiger partial charge in [0.25, 0.3) is 5.89 Å². The van der Waals surface area contributed by atoms with Gasteiger partial charge in [-0.1, -0.05) is 16.8 Å². The second kappa shape index (κ2) is 9.15. The Morgan fingerprint density at radius 2 is 1.92 bits per heavy atom. The highest BCUT2D eigenvalue weighted by molar-refractivity contribution is 6.31. The van der Waals surface area contributed by atoms with Gasteiger partial charge in [-0.15, -0.1) is 0 Å². The average Bonchev–Trinajstić information content (AvgIpc) is 3.50. The first-order valence-corrected chi connectivity index (χ1v) is 10.8. The molecule has 5 rings (SSSR count). The molecule has 0 fully saturated rings. The average molecular weight is 522 g/mol. The molecule has 0 saturated carbocycles. The van der Waals surface area contributed by atoms with Crippen molar-refractivity contribution in [3.05, 3.63) is 52.9 Å². The normalized spacial score (nSPS) is 15.2. The number of hydrogen-bond acceptors (Lipinski definition) is 8. The second-order valence-electron chi connectivity index (χ2n) is 7.73. The fraction of sp³-hybridized carbons (Fsp3) is 0.227. The number of ether oxygens (including phenoxy) is 2. The van der Waals surface area contributed by atoms with Gasteiger partial charge in [-0.25, -0.2) is 5.01 Å². The van der Waals surface area contributed by atoms with Gasteiger partial charge in [-0.3, -0.25) is 9.59 Å². The summed E-state index contributed by atoms with van der Waals surface area (Å²) in [6.45, 7) is -0.415. The summed E-state index contributed by atoms with van der Waals surface area (Å²) in [6, 6.07) is 8.09. The van der Waals surface area contributed by atoms with E-state index >= 15 is 0 Å². The predicted octanol–water partition coefficient (Wildman–Crippen LogP) is 4.10. The Balaban J connectivity index is 1.30. The van der Waals surface area contributed by atoms with E-state index in [4.69, 9.17) is 25.6 Å². The molecule has 0 saturated heterocycles. The first kappa shape index (κ1) is 23.6. The number of nitrogens with zero attached hydrogens (tertiary/aromatic N) is 4. The van der Waals surface area contributed by atoms with Gasteiger partial charge in [-0.05, 0) is 36.4 Å². The van der Waals surface area contributed by atoms with Crippen LogP contribution in [-0.4, -0.2) is 46.0 Å². The Morgan fingerprint density at radius 3 is 2.72 bits per heavy atom. The van der Waals surface area contributed by atoms with Crippen LogP contribution in [0, 0.1) is 0 Å². The monoisotopic (exact) mass is 521 g/mol. The zero-order valence-electron chi connectivity index (χ0n) is 18.1. The maximum Gasteiger partial charge on any atom is 0.417 e. The first-order chi connectivity index (χ1) is 17.2. The first-order valence-electron chi connectivity index (χ1n) is 10.5. The van der Waals surface area contributed by atoms with E-state index in [0.29, 0.717) is 23.1 Å². The molecule has 2 aliphatic rings. The molecular weight excluding hydrogens is 507 g/mol. The summed E-state index contributed by atoms with van der Waals surface area (Å²) >= 11 is 5.60. The molecule has 2 aliphatic heterocycles. The fourth-order valence-corrected chi connectivity index (χ4v) is 3.75. The lowest BCUT2D eigenvalue weighted by molar-refractivity contribution is -0.137. The quantitative estimate of drug-likeness (QED) is 0.537. The van der Waals surface area contributed by atoms with E-state index in [1.165, 1.54) is 6.07 Å². The summed E-state index contributed by atoms with van der Waals surface area (Å²) < 4.78 is 55.1. The van der Waals surface area contributed by atoms with Crippen LogP contribution in [-0.2, 0) is 15.8 Å². The third kappa shape index (κ3) is 4.82. The molecule has 3 heterocycles. The smallest absolute Gasteiger partial charge is 0.417 e. The molecule has 3 aromatic rings. The van der Waals surface area contributed by atoms with E-state index < -0.39 is 35.1 Å². The molecular formula is C22H15ClF3N5O5. The lowest BCUT2D eigenvalue weighted by Crippen LogP contribution is -2.38. The molecule has 2 aromatic carbocycles. The predicted molar refractivity (Wildman–Crippen MR) is 118 cm³/mol. The number of aromatic nitrogens is 2. The Morgan fingerprint density at radius 1 is 1.11 bits per heavy atom. The number of carbonyl (C=O) groups excluding carboxylic acids is 2. The maximum absolute atomic E-state index is 13.1. The van der Waals surface area contributed by atoms with Crippen molar-refractivity contribution in [3.8, 4) is 22.9 Å². The highest BCUT2D eigenvalue weighted by atomic mass is 35.5. The van der Waals surface area contributed by atoms with E-state index in [-0.39, 0.29) is 42.7 Å². The van der Waals surface area contributed by atoms with Gasteiger partial charge in [0.15, 0.2) is 11.5 Å². The fourth-order valence-electron chi connectivity index (χ4n) is 3.53. The van der Waals surface area contributed by atoms with Crippen LogP contribution in [0.3, 0.4) is 0 Å². The zero-order valence-corrected chi connectivity index (χ0v) is 18.9. The van der Waals surface area contributed by atoms with Gasteiger partial charge in [0.2, 0.25) is 24.4 Å². The van der Waals surface area contributed by atoms with E-state index in [0.717, 1.165) is 11.1 Å². The number of hydrogen-bond donors (Lipinski definition) is 1. The third-order valence-corrected chi connectivity index (χ3v) is 5.59. The summed E-state index contributed by atoms with van der Waals surface area (Å²) in [4.78, 5) is 29.1. The molecule has 1 aromatic heterocycles. The van der Waals surface area contributed by atoms with Crippen molar-refractivity contribution in [2.45, 2.75) is 19.0 Å². The number of carbonyl (C=O) groups is 2. The second-order valence-corrected chi connectivity index (χ2v) is 8.14. The molecule has 14 heteroatoms. The van der Waals surface area contributed by atoms with Crippen molar-refractivity contribution < 1.29 is 36.8 Å². The molecule has 1 N–H and O–H groups in total. The number of nitrogens with one attached hydrogen (secondary N) is 1. The van der Waals surface area contributed by atoms with Crippen molar-refractivity contribution in [3.63, 3.8) is 0 Å². The Hall–Kier alpha value is -4.13. The van der Waals surface area contributed by atoms with Crippen LogP contribution >= 0.6 is 11.6 Å². The summed E-state index contributed by atoms with van der Waals surface area (Å²) in [7, 11) is 0. The summed E-state index contributed by atoms with van der Waals surface area (Å²) in [6.07, 6.45) is -4.47. The molecule has 0 bridgehead atoms. The SMILES string of the molecule is O=C(CN1N=C(c2nc(-c3ccc4c(c3)OCO4)no2)CCC1=O)Nc1ccc(Cl)c(C(F)(F)F)c1. The molecule has 36 heavy (non-hydrogen) atoms. The Kier molecular flexibility index (Phi) is 6.00. The molecule has 0 radical (unpaired) electrons. The van der Waals surface area contributed by atoms with Crippen molar-refractivity contribution >= 4 is 34.8 Å². The van der Waals surface area contributed by atoms with Crippen LogP contribution in [0.15, 0.2) is 46.0 Å². The molecule has 0 spiro atoms. The lowest BCUT2D eigenvalue weighted by Gasteiger charge is -2.21. The molecule has 0 unspecified atom stereocenters. The molecule has 2 amide bonds. The number of hydrazone groups is 1.